The van der Waals surface area contributed by atoms with E-state index in [0.717, 1.165) is 11.5 Å². The van der Waals surface area contributed by atoms with E-state index in [1.54, 1.807) is 19.4 Å². The van der Waals surface area contributed by atoms with Crippen LogP contribution in [0, 0.1) is 6.92 Å². The van der Waals surface area contributed by atoms with Crippen molar-refractivity contribution in [2.75, 3.05) is 30.9 Å². The maximum absolute atomic E-state index is 5.29. The number of aryl methyl sites for hydroxylation is 1. The first kappa shape index (κ1) is 16.7. The highest BCUT2D eigenvalue weighted by molar-refractivity contribution is 5.66. The number of nitrogens with zero attached hydrogens (tertiary/aromatic N) is 3. The number of hydrogen-bond acceptors (Lipinski definition) is 7. The topological polar surface area (TPSA) is 101 Å². The quantitative estimate of drug-likeness (QED) is 0.542. The minimum absolute atomic E-state index is 0.550. The highest BCUT2D eigenvalue weighted by Gasteiger charge is 2.05. The number of hydrogen-bond donors (Lipinski definition) is 3. The lowest BCUT2D eigenvalue weighted by molar-refractivity contribution is 0.210. The second kappa shape index (κ2) is 8.11. The molecule has 8 heteroatoms. The average Bonchev–Trinajstić information content (AvgIpc) is 3.25. The highest BCUT2D eigenvalue weighted by Crippen LogP contribution is 2.17. The summed E-state index contributed by atoms with van der Waals surface area (Å²) in [6.45, 7) is 3.17. The van der Waals surface area contributed by atoms with E-state index in [1.165, 1.54) is 0 Å². The fourth-order valence-electron chi connectivity index (χ4n) is 2.13. The Hall–Kier alpha value is -3.13. The molecule has 0 saturated carbocycles. The third kappa shape index (κ3) is 4.92. The van der Waals surface area contributed by atoms with Crippen LogP contribution in [-0.2, 0) is 4.74 Å². The Labute approximate surface area is 145 Å². The predicted molar refractivity (Wildman–Crippen MR) is 96.6 cm³/mol. The van der Waals surface area contributed by atoms with Crippen LogP contribution in [0.1, 0.15) is 17.3 Å². The zero-order valence-corrected chi connectivity index (χ0v) is 14.1. The van der Waals surface area contributed by atoms with Crippen molar-refractivity contribution in [2.24, 2.45) is 0 Å². The first-order valence-corrected chi connectivity index (χ1v) is 7.85. The van der Waals surface area contributed by atoms with E-state index in [4.69, 9.17) is 9.15 Å². The first-order chi connectivity index (χ1) is 12.2. The Morgan fingerprint density at radius 1 is 1.20 bits per heavy atom. The molecule has 0 bridgehead atoms. The molecular weight excluding hydrogens is 320 g/mol. The zero-order chi connectivity index (χ0) is 17.5. The molecule has 3 aromatic rings. The van der Waals surface area contributed by atoms with Gasteiger partial charge in [0.15, 0.2) is 11.6 Å². The van der Waals surface area contributed by atoms with Crippen LogP contribution >= 0.6 is 0 Å². The molecule has 0 amide bonds. The van der Waals surface area contributed by atoms with Gasteiger partial charge in [-0.15, -0.1) is 0 Å². The smallest absolute Gasteiger partial charge is 0.156 e. The Balaban J connectivity index is 1.82. The summed E-state index contributed by atoms with van der Waals surface area (Å²) in [7, 11) is 1.66. The summed E-state index contributed by atoms with van der Waals surface area (Å²) in [6.07, 6.45) is 5.23. The van der Waals surface area contributed by atoms with E-state index in [1.807, 2.05) is 37.3 Å². The van der Waals surface area contributed by atoms with Crippen molar-refractivity contribution in [3.63, 3.8) is 0 Å². The molecule has 3 aromatic heterocycles. The van der Waals surface area contributed by atoms with Crippen molar-refractivity contribution in [3.05, 3.63) is 47.8 Å². The number of methoxy groups -OCH3 is 1. The molecule has 0 radical (unpaired) electrons. The third-order valence-corrected chi connectivity index (χ3v) is 3.26. The molecule has 0 spiro atoms. The van der Waals surface area contributed by atoms with Gasteiger partial charge in [0.2, 0.25) is 0 Å². The van der Waals surface area contributed by atoms with Gasteiger partial charge in [-0.25, -0.2) is 9.97 Å². The lowest BCUT2D eigenvalue weighted by atomic mass is 10.3. The van der Waals surface area contributed by atoms with Crippen LogP contribution in [-0.4, -0.2) is 40.4 Å². The first-order valence-electron chi connectivity index (χ1n) is 7.85. The number of ether oxygens (including phenoxy) is 1. The van der Waals surface area contributed by atoms with Crippen molar-refractivity contribution in [2.45, 2.75) is 6.92 Å². The van der Waals surface area contributed by atoms with Gasteiger partial charge in [-0.3, -0.25) is 5.10 Å². The molecule has 0 atom stereocenters. The number of furan rings is 1. The monoisotopic (exact) mass is 340 g/mol. The second-order valence-electron chi connectivity index (χ2n) is 5.33. The van der Waals surface area contributed by atoms with E-state index >= 15 is 0 Å². The molecular formula is C17H20N6O2. The fraction of sp³-hybridized carbons (Fsp3) is 0.235. The second-order valence-corrected chi connectivity index (χ2v) is 5.33. The molecule has 25 heavy (non-hydrogen) atoms. The van der Waals surface area contributed by atoms with Crippen molar-refractivity contribution in [3.8, 4) is 0 Å². The van der Waals surface area contributed by atoms with E-state index in [9.17, 15) is 0 Å². The number of H-pyrrole nitrogens is 1. The van der Waals surface area contributed by atoms with Gasteiger partial charge in [-0.05, 0) is 31.2 Å². The highest BCUT2D eigenvalue weighted by atomic mass is 16.5. The molecule has 0 aliphatic rings. The van der Waals surface area contributed by atoms with Gasteiger partial charge < -0.3 is 19.8 Å². The number of aromatic amines is 1. The van der Waals surface area contributed by atoms with Gasteiger partial charge in [0.05, 0.1) is 12.9 Å². The summed E-state index contributed by atoms with van der Waals surface area (Å²) in [5, 5.41) is 13.4. The maximum Gasteiger partial charge on any atom is 0.156 e. The summed E-state index contributed by atoms with van der Waals surface area (Å²) in [4.78, 5) is 8.97. The average molecular weight is 340 g/mol. The minimum Gasteiger partial charge on any atom is -0.465 e. The lowest BCUT2D eigenvalue weighted by Gasteiger charge is -2.09. The number of anilines is 3. The Kier molecular flexibility index (Phi) is 5.43. The van der Waals surface area contributed by atoms with Gasteiger partial charge in [0.25, 0.3) is 0 Å². The van der Waals surface area contributed by atoms with E-state index in [2.05, 4.69) is 30.8 Å². The number of rotatable bonds is 8. The van der Waals surface area contributed by atoms with E-state index in [-0.39, 0.29) is 0 Å². The summed E-state index contributed by atoms with van der Waals surface area (Å²) in [6, 6.07) is 7.42. The number of nitrogens with one attached hydrogen (secondary N) is 3. The normalized spacial score (nSPS) is 11.1. The molecule has 0 unspecified atom stereocenters. The molecule has 0 saturated heterocycles. The van der Waals surface area contributed by atoms with Crippen molar-refractivity contribution < 1.29 is 9.15 Å². The van der Waals surface area contributed by atoms with Crippen LogP contribution < -0.4 is 10.6 Å². The maximum atomic E-state index is 5.29. The van der Waals surface area contributed by atoms with Crippen molar-refractivity contribution in [1.29, 1.82) is 0 Å². The van der Waals surface area contributed by atoms with Gasteiger partial charge in [0, 0.05) is 31.5 Å². The summed E-state index contributed by atoms with van der Waals surface area (Å²) < 4.78 is 10.3. The van der Waals surface area contributed by atoms with Gasteiger partial charge in [-0.2, -0.15) is 5.10 Å². The lowest BCUT2D eigenvalue weighted by Crippen LogP contribution is -2.10. The fourth-order valence-corrected chi connectivity index (χ4v) is 2.13. The molecule has 0 fully saturated rings. The molecule has 0 aliphatic heterocycles. The van der Waals surface area contributed by atoms with Crippen LogP contribution in [0.15, 0.2) is 34.9 Å². The summed E-state index contributed by atoms with van der Waals surface area (Å²) in [5.41, 5.74) is 0.966. The van der Waals surface area contributed by atoms with Crippen LogP contribution in [0.5, 0.6) is 0 Å². The van der Waals surface area contributed by atoms with Gasteiger partial charge >= 0.3 is 0 Å². The van der Waals surface area contributed by atoms with Crippen molar-refractivity contribution >= 4 is 29.6 Å². The van der Waals surface area contributed by atoms with Crippen LogP contribution in [0.2, 0.25) is 0 Å². The summed E-state index contributed by atoms with van der Waals surface area (Å²) >= 11 is 0. The largest absolute Gasteiger partial charge is 0.465 e. The van der Waals surface area contributed by atoms with E-state index < -0.39 is 0 Å². The molecule has 0 aliphatic carbocycles. The Bertz CT molecular complexity index is 826. The summed E-state index contributed by atoms with van der Waals surface area (Å²) in [5.74, 6) is 3.31. The Morgan fingerprint density at radius 3 is 2.80 bits per heavy atom. The zero-order valence-electron chi connectivity index (χ0n) is 14.1. The molecule has 8 nitrogen and oxygen atoms in total. The van der Waals surface area contributed by atoms with Crippen LogP contribution in [0.3, 0.4) is 0 Å². The standard InChI is InChI=1S/C17H20N6O2/c1-12-10-17(23-22-12)21-16-11-15(18-7-9-24-2)19-14(20-16)6-5-13-4-3-8-25-13/h3-6,8,10-11H,7,9H2,1-2H3,(H3,18,19,20,21,22,23). The van der Waals surface area contributed by atoms with Gasteiger partial charge in [0.1, 0.15) is 17.4 Å². The SMILES string of the molecule is COCCNc1cc(Nc2cc(C)[nH]n2)nc(C=Cc2ccco2)n1. The predicted octanol–water partition coefficient (Wildman–Crippen LogP) is 3.07. The third-order valence-electron chi connectivity index (χ3n) is 3.26. The van der Waals surface area contributed by atoms with Crippen LogP contribution in [0.25, 0.3) is 12.2 Å². The molecule has 3 rings (SSSR count). The molecule has 130 valence electrons. The number of aromatic nitrogens is 4. The minimum atomic E-state index is 0.550. The molecule has 3 heterocycles. The Morgan fingerprint density at radius 2 is 2.08 bits per heavy atom. The molecule has 0 aromatic carbocycles. The van der Waals surface area contributed by atoms with E-state index in [0.29, 0.717) is 36.4 Å². The molecule has 3 N–H and O–H groups in total. The van der Waals surface area contributed by atoms with Crippen molar-refractivity contribution in [1.82, 2.24) is 20.2 Å². The van der Waals surface area contributed by atoms with Crippen LogP contribution in [0.4, 0.5) is 17.5 Å². The van der Waals surface area contributed by atoms with Gasteiger partial charge in [-0.1, -0.05) is 0 Å².